The van der Waals surface area contributed by atoms with E-state index in [1.165, 1.54) is 12.1 Å². The molecule has 1 N–H and O–H groups in total. The van der Waals surface area contributed by atoms with Crippen molar-refractivity contribution in [1.82, 2.24) is 10.2 Å². The molecule has 0 aliphatic carbocycles. The molecule has 1 aromatic carbocycles. The minimum absolute atomic E-state index is 0.0542. The van der Waals surface area contributed by atoms with Gasteiger partial charge in [0.25, 0.3) is 0 Å². The largest absolute Gasteiger partial charge is 0.416 e. The Labute approximate surface area is 157 Å². The van der Waals surface area contributed by atoms with Gasteiger partial charge in [0.15, 0.2) is 0 Å². The lowest BCUT2D eigenvalue weighted by Crippen LogP contribution is -2.44. The molecule has 146 valence electrons. The first-order valence-corrected chi connectivity index (χ1v) is 8.91. The number of benzene rings is 1. The number of amides is 2. The second-order valence-electron chi connectivity index (χ2n) is 6.85. The summed E-state index contributed by atoms with van der Waals surface area (Å²) < 4.78 is 38.0. The predicted molar refractivity (Wildman–Crippen MR) is 95.5 cm³/mol. The maximum absolute atomic E-state index is 12.7. The molecule has 0 atom stereocenters. The Morgan fingerprint density at radius 3 is 2.52 bits per heavy atom. The molecule has 2 amide bonds. The van der Waals surface area contributed by atoms with Crippen LogP contribution in [0.2, 0.25) is 0 Å². The number of alkyl halides is 3. The van der Waals surface area contributed by atoms with E-state index in [2.05, 4.69) is 17.2 Å². The van der Waals surface area contributed by atoms with Crippen LogP contribution in [-0.4, -0.2) is 36.3 Å². The zero-order valence-electron chi connectivity index (χ0n) is 15.4. The van der Waals surface area contributed by atoms with Crippen LogP contribution in [0.5, 0.6) is 0 Å². The molecule has 0 bridgehead atoms. The van der Waals surface area contributed by atoms with Crippen molar-refractivity contribution in [3.63, 3.8) is 0 Å². The number of carbonyl (C=O) groups excluding carboxylic acids is 2. The van der Waals surface area contributed by atoms with E-state index in [1.54, 1.807) is 4.90 Å². The molecule has 0 unspecified atom stereocenters. The first-order chi connectivity index (χ1) is 12.7. The predicted octanol–water partition coefficient (Wildman–Crippen LogP) is 3.07. The Bertz CT molecular complexity index is 740. The summed E-state index contributed by atoms with van der Waals surface area (Å²) >= 11 is 0. The molecule has 4 nitrogen and oxygen atoms in total. The van der Waals surface area contributed by atoms with Crippen LogP contribution >= 0.6 is 0 Å². The van der Waals surface area contributed by atoms with Crippen molar-refractivity contribution in [2.45, 2.75) is 32.9 Å². The molecule has 2 rings (SSSR count). The summed E-state index contributed by atoms with van der Waals surface area (Å²) in [6, 6.07) is 4.77. The maximum atomic E-state index is 12.7. The molecule has 1 aliphatic rings. The fourth-order valence-electron chi connectivity index (χ4n) is 2.92. The van der Waals surface area contributed by atoms with Gasteiger partial charge in [-0.3, -0.25) is 9.59 Å². The lowest BCUT2D eigenvalue weighted by Gasteiger charge is -2.32. The molecule has 27 heavy (non-hydrogen) atoms. The molecule has 0 aromatic heterocycles. The molecular formula is C20H23F3N2O2. The molecular weight excluding hydrogens is 357 g/mol. The van der Waals surface area contributed by atoms with Gasteiger partial charge in [0.1, 0.15) is 0 Å². The Hall–Kier alpha value is -2.49. The quantitative estimate of drug-likeness (QED) is 0.820. The number of nitrogens with zero attached hydrogens (tertiary/aromatic N) is 1. The Morgan fingerprint density at radius 1 is 1.26 bits per heavy atom. The molecule has 1 heterocycles. The summed E-state index contributed by atoms with van der Waals surface area (Å²) in [6.45, 7) is 4.89. The minimum Gasteiger partial charge on any atom is -0.345 e. The number of likely N-dealkylation sites (tertiary alicyclic amines) is 1. The van der Waals surface area contributed by atoms with E-state index in [4.69, 9.17) is 0 Å². The molecule has 0 saturated carbocycles. The number of carbonyl (C=O) groups is 2. The summed E-state index contributed by atoms with van der Waals surface area (Å²) in [5.74, 6) is 5.05. The number of rotatable bonds is 3. The molecule has 1 fully saturated rings. The molecule has 0 spiro atoms. The van der Waals surface area contributed by atoms with Crippen LogP contribution in [0.15, 0.2) is 24.3 Å². The first-order valence-electron chi connectivity index (χ1n) is 8.91. The Balaban J connectivity index is 1.81. The van der Waals surface area contributed by atoms with Crippen LogP contribution < -0.4 is 5.32 Å². The highest BCUT2D eigenvalue weighted by atomic mass is 19.4. The fraction of sp³-hybridized carbons (Fsp3) is 0.500. The fourth-order valence-corrected chi connectivity index (χ4v) is 2.92. The van der Waals surface area contributed by atoms with Gasteiger partial charge in [0, 0.05) is 30.5 Å². The monoisotopic (exact) mass is 380 g/mol. The van der Waals surface area contributed by atoms with Crippen LogP contribution in [0.1, 0.15) is 37.8 Å². The minimum atomic E-state index is -4.41. The van der Waals surface area contributed by atoms with E-state index in [0.717, 1.165) is 12.1 Å². The van der Waals surface area contributed by atoms with Crippen LogP contribution in [0.4, 0.5) is 13.2 Å². The van der Waals surface area contributed by atoms with Crippen molar-refractivity contribution in [2.24, 2.45) is 11.8 Å². The lowest BCUT2D eigenvalue weighted by molar-refractivity contribution is -0.138. The average Bonchev–Trinajstić information content (AvgIpc) is 2.64. The van der Waals surface area contributed by atoms with Gasteiger partial charge in [-0.1, -0.05) is 31.8 Å². The zero-order valence-corrected chi connectivity index (χ0v) is 15.4. The molecule has 1 aliphatic heterocycles. The van der Waals surface area contributed by atoms with Crippen molar-refractivity contribution in [2.75, 3.05) is 19.6 Å². The number of nitrogens with one attached hydrogen (secondary N) is 1. The van der Waals surface area contributed by atoms with E-state index in [0.29, 0.717) is 25.9 Å². The van der Waals surface area contributed by atoms with Crippen LogP contribution in [0.3, 0.4) is 0 Å². The van der Waals surface area contributed by atoms with Gasteiger partial charge in [0.05, 0.1) is 12.1 Å². The summed E-state index contributed by atoms with van der Waals surface area (Å²) in [6.07, 6.45) is -3.20. The lowest BCUT2D eigenvalue weighted by atomic mass is 9.95. The maximum Gasteiger partial charge on any atom is 0.416 e. The van der Waals surface area contributed by atoms with Gasteiger partial charge in [-0.15, -0.1) is 0 Å². The van der Waals surface area contributed by atoms with Crippen molar-refractivity contribution in [3.05, 3.63) is 35.4 Å². The van der Waals surface area contributed by atoms with Gasteiger partial charge in [-0.25, -0.2) is 0 Å². The average molecular weight is 380 g/mol. The SMILES string of the molecule is CC(C)C(=O)N1CCC(C(=O)NCC#Cc2cccc(C(F)(F)F)c2)CC1. The molecule has 7 heteroatoms. The topological polar surface area (TPSA) is 49.4 Å². The number of hydrogen-bond acceptors (Lipinski definition) is 2. The normalized spacial score (nSPS) is 15.3. The second kappa shape index (κ2) is 8.94. The van der Waals surface area contributed by atoms with Crippen molar-refractivity contribution in [3.8, 4) is 11.8 Å². The number of halogens is 3. The van der Waals surface area contributed by atoms with Gasteiger partial charge < -0.3 is 10.2 Å². The number of piperidine rings is 1. The van der Waals surface area contributed by atoms with Gasteiger partial charge in [-0.2, -0.15) is 13.2 Å². The summed E-state index contributed by atoms with van der Waals surface area (Å²) in [5, 5.41) is 2.70. The highest BCUT2D eigenvalue weighted by molar-refractivity contribution is 5.80. The summed E-state index contributed by atoms with van der Waals surface area (Å²) in [7, 11) is 0. The molecule has 1 aromatic rings. The standard InChI is InChI=1S/C20H23F3N2O2/c1-14(2)19(27)25-11-8-16(9-12-25)18(26)24-10-4-6-15-5-3-7-17(13-15)20(21,22)23/h3,5,7,13-14,16H,8-12H2,1-2H3,(H,24,26). The van der Waals surface area contributed by atoms with E-state index in [9.17, 15) is 22.8 Å². The van der Waals surface area contributed by atoms with Gasteiger partial charge in [-0.05, 0) is 31.0 Å². The van der Waals surface area contributed by atoms with Gasteiger partial charge >= 0.3 is 6.18 Å². The smallest absolute Gasteiger partial charge is 0.345 e. The highest BCUT2D eigenvalue weighted by Gasteiger charge is 2.30. The molecule has 0 radical (unpaired) electrons. The van der Waals surface area contributed by atoms with Crippen molar-refractivity contribution < 1.29 is 22.8 Å². The van der Waals surface area contributed by atoms with E-state index in [1.807, 2.05) is 13.8 Å². The third-order valence-corrected chi connectivity index (χ3v) is 4.44. The Morgan fingerprint density at radius 2 is 1.93 bits per heavy atom. The highest BCUT2D eigenvalue weighted by Crippen LogP contribution is 2.29. The van der Waals surface area contributed by atoms with E-state index >= 15 is 0 Å². The van der Waals surface area contributed by atoms with E-state index < -0.39 is 11.7 Å². The Kier molecular flexibility index (Phi) is 6.89. The summed E-state index contributed by atoms with van der Waals surface area (Å²) in [5.41, 5.74) is -0.499. The van der Waals surface area contributed by atoms with Crippen LogP contribution in [0.25, 0.3) is 0 Å². The van der Waals surface area contributed by atoms with Crippen molar-refractivity contribution >= 4 is 11.8 Å². The first kappa shape index (κ1) is 20.8. The zero-order chi connectivity index (χ0) is 20.0. The third-order valence-electron chi connectivity index (χ3n) is 4.44. The van der Waals surface area contributed by atoms with Crippen LogP contribution in [0, 0.1) is 23.7 Å². The third kappa shape index (κ3) is 6.02. The summed E-state index contributed by atoms with van der Waals surface area (Å²) in [4.78, 5) is 25.9. The molecule has 1 saturated heterocycles. The van der Waals surface area contributed by atoms with Crippen molar-refractivity contribution in [1.29, 1.82) is 0 Å². The van der Waals surface area contributed by atoms with E-state index in [-0.39, 0.29) is 35.8 Å². The number of hydrogen-bond donors (Lipinski definition) is 1. The van der Waals surface area contributed by atoms with Crippen LogP contribution in [-0.2, 0) is 15.8 Å². The second-order valence-corrected chi connectivity index (χ2v) is 6.85. The van der Waals surface area contributed by atoms with Gasteiger partial charge in [0.2, 0.25) is 11.8 Å².